The van der Waals surface area contributed by atoms with Gasteiger partial charge in [0, 0.05) is 36.3 Å². The molecule has 4 atom stereocenters. The number of rotatable bonds is 1. The maximum atomic E-state index is 13.1. The molecule has 4 nitrogen and oxygen atoms in total. The Hall–Kier alpha value is -1.39. The maximum Gasteiger partial charge on any atom is 0.272 e. The summed E-state index contributed by atoms with van der Waals surface area (Å²) in [5.74, 6) is 1.48. The van der Waals surface area contributed by atoms with Gasteiger partial charge in [0.1, 0.15) is 5.71 Å². The second kappa shape index (κ2) is 4.56. The monoisotopic (exact) mass is 315 g/mol. The highest BCUT2D eigenvalue weighted by Gasteiger charge is 2.51. The molecule has 4 saturated heterocycles. The smallest absolute Gasteiger partial charge is 0.272 e. The van der Waals surface area contributed by atoms with Crippen LogP contribution in [0.5, 0.6) is 0 Å². The van der Waals surface area contributed by atoms with Gasteiger partial charge in [0.25, 0.3) is 5.91 Å². The number of amides is 1. The molecule has 5 aliphatic rings. The molecule has 22 heavy (non-hydrogen) atoms. The lowest BCUT2D eigenvalue weighted by Crippen LogP contribution is -2.54. The molecule has 6 rings (SSSR count). The van der Waals surface area contributed by atoms with Crippen molar-refractivity contribution in [2.75, 3.05) is 26.2 Å². The summed E-state index contributed by atoms with van der Waals surface area (Å²) in [5.41, 5.74) is 2.67. The summed E-state index contributed by atoms with van der Waals surface area (Å²) in [5, 5.41) is 0.673. The normalized spacial score (nSPS) is 34.8. The van der Waals surface area contributed by atoms with Crippen molar-refractivity contribution < 1.29 is 4.79 Å². The van der Waals surface area contributed by atoms with Gasteiger partial charge >= 0.3 is 0 Å². The van der Waals surface area contributed by atoms with Gasteiger partial charge in [-0.15, -0.1) is 0 Å². The van der Waals surface area contributed by atoms with Crippen LogP contribution in [0.4, 0.5) is 0 Å². The van der Waals surface area contributed by atoms with Crippen LogP contribution in [-0.2, 0) is 11.3 Å². The lowest BCUT2D eigenvalue weighted by atomic mass is 9.80. The van der Waals surface area contributed by atoms with Gasteiger partial charge in [0.05, 0.1) is 6.54 Å². The lowest BCUT2D eigenvalue weighted by molar-refractivity contribution is -0.125. The second-order valence-electron chi connectivity index (χ2n) is 6.96. The number of carbonyl (C=O) groups excluding carboxylic acids is 1. The number of hydrogen-bond acceptors (Lipinski definition) is 3. The molecule has 5 aliphatic heterocycles. The Kier molecular flexibility index (Phi) is 2.71. The fourth-order valence-electron chi connectivity index (χ4n) is 4.82. The highest BCUT2D eigenvalue weighted by molar-refractivity contribution is 6.46. The van der Waals surface area contributed by atoms with Crippen LogP contribution in [0.2, 0.25) is 5.02 Å². The molecule has 0 aliphatic carbocycles. The fourth-order valence-corrected chi connectivity index (χ4v) is 4.99. The molecule has 1 aromatic rings. The minimum Gasteiger partial charge on any atom is -0.332 e. The Balaban J connectivity index is 1.46. The molecular formula is C17H18ClN3O. The first-order valence-corrected chi connectivity index (χ1v) is 8.45. The molecule has 0 N–H and O–H groups in total. The van der Waals surface area contributed by atoms with Crippen molar-refractivity contribution in [2.24, 2.45) is 16.8 Å². The summed E-state index contributed by atoms with van der Waals surface area (Å²) in [6.45, 7) is 4.92. The molecule has 1 amide bonds. The Morgan fingerprint density at radius 2 is 2.18 bits per heavy atom. The molecule has 0 radical (unpaired) electrons. The van der Waals surface area contributed by atoms with Crippen molar-refractivity contribution in [1.82, 2.24) is 9.80 Å². The van der Waals surface area contributed by atoms with Crippen molar-refractivity contribution in [2.45, 2.75) is 19.0 Å². The summed E-state index contributed by atoms with van der Waals surface area (Å²) in [7, 11) is 0. The van der Waals surface area contributed by atoms with E-state index < -0.39 is 0 Å². The van der Waals surface area contributed by atoms with Crippen LogP contribution in [0.3, 0.4) is 0 Å². The number of hydrogen-bond donors (Lipinski definition) is 0. The van der Waals surface area contributed by atoms with Crippen molar-refractivity contribution in [1.29, 1.82) is 0 Å². The predicted molar refractivity (Wildman–Crippen MR) is 85.2 cm³/mol. The van der Waals surface area contributed by atoms with Gasteiger partial charge in [0.2, 0.25) is 0 Å². The van der Waals surface area contributed by atoms with Gasteiger partial charge in [-0.25, -0.2) is 0 Å². The standard InChI is InChI=1S/C17H18ClN3O/c18-12-2-1-10-6-19-16(14(10)5-12)17(22)21-8-11-7-20-4-3-13(11)15(21)9-20/h1-2,5,11,13,15H,3-4,6-9H2/t11-,13-,15-/m1/s1. The van der Waals surface area contributed by atoms with Crippen molar-refractivity contribution >= 4 is 23.2 Å². The quantitative estimate of drug-likeness (QED) is 0.792. The minimum absolute atomic E-state index is 0.113. The largest absolute Gasteiger partial charge is 0.332 e. The average molecular weight is 316 g/mol. The third kappa shape index (κ3) is 1.74. The van der Waals surface area contributed by atoms with E-state index in [1.165, 1.54) is 19.5 Å². The highest BCUT2D eigenvalue weighted by atomic mass is 35.5. The first-order valence-electron chi connectivity index (χ1n) is 8.07. The number of fused-ring (bicyclic) bond motifs is 2. The minimum atomic E-state index is 0.113. The van der Waals surface area contributed by atoms with E-state index in [9.17, 15) is 4.79 Å². The van der Waals surface area contributed by atoms with Gasteiger partial charge in [-0.3, -0.25) is 9.79 Å². The second-order valence-corrected chi connectivity index (χ2v) is 7.40. The molecular weight excluding hydrogens is 298 g/mol. The third-order valence-electron chi connectivity index (χ3n) is 5.85. The summed E-state index contributed by atoms with van der Waals surface area (Å²) >= 11 is 6.11. The Morgan fingerprint density at radius 1 is 1.27 bits per heavy atom. The van der Waals surface area contributed by atoms with E-state index in [0.717, 1.165) is 24.2 Å². The highest BCUT2D eigenvalue weighted by Crippen LogP contribution is 2.42. The average Bonchev–Trinajstić information content (AvgIpc) is 3.06. The number of halogens is 1. The van der Waals surface area contributed by atoms with E-state index in [4.69, 9.17) is 11.6 Å². The van der Waals surface area contributed by atoms with Gasteiger partial charge in [-0.05, 0) is 42.5 Å². The van der Waals surface area contributed by atoms with Crippen molar-refractivity contribution in [3.63, 3.8) is 0 Å². The molecule has 1 aromatic carbocycles. The number of carbonyl (C=O) groups is 1. The number of benzene rings is 1. The topological polar surface area (TPSA) is 35.9 Å². The van der Waals surface area contributed by atoms with Gasteiger partial charge in [-0.2, -0.15) is 0 Å². The van der Waals surface area contributed by atoms with Crippen LogP contribution in [0.25, 0.3) is 0 Å². The zero-order valence-electron chi connectivity index (χ0n) is 12.3. The van der Waals surface area contributed by atoms with Crippen LogP contribution < -0.4 is 0 Å². The molecule has 4 fully saturated rings. The third-order valence-corrected chi connectivity index (χ3v) is 6.08. The number of aliphatic imine (C=N–C) groups is 1. The fraction of sp³-hybridized carbons (Fsp3) is 0.529. The first-order chi connectivity index (χ1) is 10.7. The first kappa shape index (κ1) is 13.1. The van der Waals surface area contributed by atoms with E-state index in [2.05, 4.69) is 14.8 Å². The van der Waals surface area contributed by atoms with Crippen LogP contribution in [0, 0.1) is 11.8 Å². The van der Waals surface area contributed by atoms with Crippen molar-refractivity contribution in [3.05, 3.63) is 34.3 Å². The van der Waals surface area contributed by atoms with E-state index >= 15 is 0 Å². The summed E-state index contributed by atoms with van der Waals surface area (Å²) in [6.07, 6.45) is 1.24. The maximum absolute atomic E-state index is 13.1. The number of nitrogens with zero attached hydrogens (tertiary/aromatic N) is 3. The van der Waals surface area contributed by atoms with Crippen LogP contribution in [0.15, 0.2) is 23.2 Å². The van der Waals surface area contributed by atoms with Gasteiger partial charge < -0.3 is 9.80 Å². The zero-order valence-corrected chi connectivity index (χ0v) is 13.1. The van der Waals surface area contributed by atoms with E-state index in [-0.39, 0.29) is 5.91 Å². The molecule has 1 unspecified atom stereocenters. The molecule has 0 aromatic heterocycles. The molecule has 5 heterocycles. The molecule has 5 heteroatoms. The Labute approximate surface area is 134 Å². The van der Waals surface area contributed by atoms with Gasteiger partial charge in [-0.1, -0.05) is 17.7 Å². The molecule has 0 spiro atoms. The van der Waals surface area contributed by atoms with Crippen LogP contribution in [-0.4, -0.2) is 53.6 Å². The van der Waals surface area contributed by atoms with Gasteiger partial charge in [0.15, 0.2) is 0 Å². The summed E-state index contributed by atoms with van der Waals surface area (Å²) in [4.78, 5) is 22.2. The zero-order chi connectivity index (χ0) is 14.8. The molecule has 114 valence electrons. The summed E-state index contributed by atoms with van der Waals surface area (Å²) in [6, 6.07) is 6.14. The van der Waals surface area contributed by atoms with Crippen LogP contribution >= 0.6 is 11.6 Å². The predicted octanol–water partition coefficient (Wildman–Crippen LogP) is 1.81. The van der Waals surface area contributed by atoms with E-state index in [1.54, 1.807) is 0 Å². The van der Waals surface area contributed by atoms with Crippen LogP contribution in [0.1, 0.15) is 17.5 Å². The van der Waals surface area contributed by atoms with E-state index in [0.29, 0.717) is 35.2 Å². The molecule has 0 saturated carbocycles. The van der Waals surface area contributed by atoms with Crippen molar-refractivity contribution in [3.8, 4) is 0 Å². The molecule has 4 bridgehead atoms. The number of piperidine rings is 3. The Bertz CT molecular complexity index is 701. The SMILES string of the molecule is O=C(C1=NCc2ccc(Cl)cc21)N1C[C@H]2CN3CC[C@H]2[C@H]1C3. The van der Waals surface area contributed by atoms with E-state index in [1.807, 2.05) is 18.2 Å². The summed E-state index contributed by atoms with van der Waals surface area (Å²) < 4.78 is 0. The lowest BCUT2D eigenvalue weighted by Gasteiger charge is -2.44. The number of likely N-dealkylation sites (tertiary alicyclic amines) is 1. The Morgan fingerprint density at radius 3 is 3.00 bits per heavy atom.